The van der Waals surface area contributed by atoms with E-state index in [-0.39, 0.29) is 29.9 Å². The highest BCUT2D eigenvalue weighted by atomic mass is 16.4. The summed E-state index contributed by atoms with van der Waals surface area (Å²) in [5.41, 5.74) is 8.32. The molecule has 0 aliphatic carbocycles. The molecular weight excluding hydrogens is 490 g/mol. The van der Waals surface area contributed by atoms with E-state index in [1.165, 1.54) is 0 Å². The number of aryl methyl sites for hydroxylation is 1. The van der Waals surface area contributed by atoms with Crippen molar-refractivity contribution in [3.05, 3.63) is 87.2 Å². The van der Waals surface area contributed by atoms with E-state index in [4.69, 9.17) is 10.8 Å². The normalized spacial score (nSPS) is 11.5. The van der Waals surface area contributed by atoms with Crippen LogP contribution in [0.2, 0.25) is 0 Å². The molecule has 3 rings (SSSR count). The van der Waals surface area contributed by atoms with Gasteiger partial charge in [-0.25, -0.2) is 4.79 Å². The van der Waals surface area contributed by atoms with Gasteiger partial charge in [0.05, 0.1) is 5.56 Å². The number of nitrogen functional groups attached to an aromatic ring is 1. The molecular formula is C27H31N5O6. The first-order valence-corrected chi connectivity index (χ1v) is 12.2. The summed E-state index contributed by atoms with van der Waals surface area (Å²) >= 11 is 0. The number of aromatic nitrogens is 2. The van der Waals surface area contributed by atoms with E-state index in [1.807, 2.05) is 30.3 Å². The molecule has 0 saturated carbocycles. The number of amides is 1. The molecule has 0 spiro atoms. The zero-order chi connectivity index (χ0) is 27.5. The number of anilines is 2. The van der Waals surface area contributed by atoms with Crippen LogP contribution >= 0.6 is 0 Å². The summed E-state index contributed by atoms with van der Waals surface area (Å²) < 4.78 is 0. The lowest BCUT2D eigenvalue weighted by Crippen LogP contribution is -2.41. The SMILES string of the molecule is Nc1nc(NCc2ccccc2)c(CCCCc2ccc(C(=O)NC(CCC(=O)O)C(=O)O)cc2)c(=O)[nH]1. The molecule has 1 amide bonds. The number of carbonyl (C=O) groups is 3. The largest absolute Gasteiger partial charge is 0.481 e. The summed E-state index contributed by atoms with van der Waals surface area (Å²) in [6.07, 6.45) is 2.16. The van der Waals surface area contributed by atoms with Crippen LogP contribution < -0.4 is 21.9 Å². The Morgan fingerprint density at radius 3 is 2.29 bits per heavy atom. The van der Waals surface area contributed by atoms with E-state index >= 15 is 0 Å². The van der Waals surface area contributed by atoms with Crippen molar-refractivity contribution in [2.75, 3.05) is 11.1 Å². The van der Waals surface area contributed by atoms with E-state index in [0.29, 0.717) is 30.8 Å². The van der Waals surface area contributed by atoms with Gasteiger partial charge in [-0.05, 0) is 55.4 Å². The van der Waals surface area contributed by atoms with E-state index in [2.05, 4.69) is 20.6 Å². The third-order valence-corrected chi connectivity index (χ3v) is 5.95. The van der Waals surface area contributed by atoms with Crippen molar-refractivity contribution in [1.29, 1.82) is 0 Å². The van der Waals surface area contributed by atoms with Crippen molar-refractivity contribution in [1.82, 2.24) is 15.3 Å². The van der Waals surface area contributed by atoms with Gasteiger partial charge in [0, 0.05) is 18.5 Å². The van der Waals surface area contributed by atoms with Gasteiger partial charge in [-0.3, -0.25) is 19.4 Å². The number of nitrogens with one attached hydrogen (secondary N) is 3. The molecule has 11 nitrogen and oxygen atoms in total. The van der Waals surface area contributed by atoms with E-state index < -0.39 is 23.9 Å². The maximum Gasteiger partial charge on any atom is 0.326 e. The number of aromatic amines is 1. The number of carboxylic acids is 2. The Hall–Kier alpha value is -4.67. The Morgan fingerprint density at radius 2 is 1.63 bits per heavy atom. The van der Waals surface area contributed by atoms with Gasteiger partial charge in [0.25, 0.3) is 11.5 Å². The molecule has 0 bridgehead atoms. The van der Waals surface area contributed by atoms with E-state index in [0.717, 1.165) is 24.0 Å². The highest BCUT2D eigenvalue weighted by Crippen LogP contribution is 2.15. The van der Waals surface area contributed by atoms with Gasteiger partial charge in [-0.2, -0.15) is 4.98 Å². The summed E-state index contributed by atoms with van der Waals surface area (Å²) in [7, 11) is 0. The van der Waals surface area contributed by atoms with Crippen molar-refractivity contribution in [2.24, 2.45) is 0 Å². The number of carboxylic acid groups (broad SMARTS) is 2. The highest BCUT2D eigenvalue weighted by molar-refractivity contribution is 5.96. The smallest absolute Gasteiger partial charge is 0.326 e. The monoisotopic (exact) mass is 521 g/mol. The van der Waals surface area contributed by atoms with E-state index in [1.54, 1.807) is 24.3 Å². The second kappa shape index (κ2) is 13.6. The minimum atomic E-state index is -1.29. The number of nitrogens with zero attached hydrogens (tertiary/aromatic N) is 1. The molecule has 7 N–H and O–H groups in total. The summed E-state index contributed by atoms with van der Waals surface area (Å²) in [6, 6.07) is 15.2. The van der Waals surface area contributed by atoms with Crippen molar-refractivity contribution < 1.29 is 24.6 Å². The molecule has 38 heavy (non-hydrogen) atoms. The van der Waals surface area contributed by atoms with Crippen LogP contribution in [0.5, 0.6) is 0 Å². The van der Waals surface area contributed by atoms with Crippen LogP contribution in [0.25, 0.3) is 0 Å². The molecule has 2 aromatic carbocycles. The predicted octanol–water partition coefficient (Wildman–Crippen LogP) is 2.58. The third-order valence-electron chi connectivity index (χ3n) is 5.95. The average Bonchev–Trinajstić information content (AvgIpc) is 2.89. The minimum Gasteiger partial charge on any atom is -0.481 e. The summed E-state index contributed by atoms with van der Waals surface area (Å²) in [4.78, 5) is 53.7. The number of hydrogen-bond acceptors (Lipinski definition) is 7. The summed E-state index contributed by atoms with van der Waals surface area (Å²) in [6.45, 7) is 0.510. The molecule has 1 heterocycles. The molecule has 0 radical (unpaired) electrons. The Balaban J connectivity index is 1.52. The van der Waals surface area contributed by atoms with Crippen molar-refractivity contribution in [3.8, 4) is 0 Å². The lowest BCUT2D eigenvalue weighted by molar-refractivity contribution is -0.140. The molecule has 11 heteroatoms. The third kappa shape index (κ3) is 8.47. The molecule has 200 valence electrons. The zero-order valence-corrected chi connectivity index (χ0v) is 20.8. The Labute approximate surface area is 219 Å². The zero-order valence-electron chi connectivity index (χ0n) is 20.8. The van der Waals surface area contributed by atoms with Crippen LogP contribution in [-0.2, 0) is 29.0 Å². The van der Waals surface area contributed by atoms with Crippen LogP contribution in [0.1, 0.15) is 52.7 Å². The van der Waals surface area contributed by atoms with Crippen LogP contribution in [-0.4, -0.2) is 44.1 Å². The maximum absolute atomic E-state index is 12.5. The van der Waals surface area contributed by atoms with Crippen LogP contribution in [0, 0.1) is 0 Å². The van der Waals surface area contributed by atoms with Crippen LogP contribution in [0.3, 0.4) is 0 Å². The summed E-state index contributed by atoms with van der Waals surface area (Å²) in [5.74, 6) is -2.49. The fraction of sp³-hybridized carbons (Fsp3) is 0.296. The molecule has 1 aromatic heterocycles. The first-order chi connectivity index (χ1) is 18.2. The van der Waals surface area contributed by atoms with Gasteiger partial charge in [0.15, 0.2) is 0 Å². The van der Waals surface area contributed by atoms with Crippen molar-refractivity contribution >= 4 is 29.6 Å². The minimum absolute atomic E-state index is 0.0509. The number of rotatable bonds is 14. The Bertz CT molecular complexity index is 1310. The second-order valence-electron chi connectivity index (χ2n) is 8.82. The van der Waals surface area contributed by atoms with Crippen molar-refractivity contribution in [3.63, 3.8) is 0 Å². The first kappa shape index (κ1) is 27.9. The lowest BCUT2D eigenvalue weighted by atomic mass is 10.0. The Morgan fingerprint density at radius 1 is 0.947 bits per heavy atom. The number of unbranched alkanes of at least 4 members (excludes halogenated alkanes) is 1. The van der Waals surface area contributed by atoms with Gasteiger partial charge < -0.3 is 26.6 Å². The fourth-order valence-corrected chi connectivity index (χ4v) is 3.90. The quantitative estimate of drug-likeness (QED) is 0.173. The maximum atomic E-state index is 12.5. The first-order valence-electron chi connectivity index (χ1n) is 12.2. The number of nitrogens with two attached hydrogens (primary N) is 1. The second-order valence-corrected chi connectivity index (χ2v) is 8.82. The van der Waals surface area contributed by atoms with Crippen LogP contribution in [0.15, 0.2) is 59.4 Å². The molecule has 3 aromatic rings. The van der Waals surface area contributed by atoms with Gasteiger partial charge in [0.2, 0.25) is 5.95 Å². The predicted molar refractivity (Wildman–Crippen MR) is 142 cm³/mol. The topological polar surface area (TPSA) is 187 Å². The molecule has 1 atom stereocenters. The van der Waals surface area contributed by atoms with Gasteiger partial charge >= 0.3 is 11.9 Å². The molecule has 0 aliphatic rings. The molecule has 0 fully saturated rings. The van der Waals surface area contributed by atoms with Gasteiger partial charge in [-0.15, -0.1) is 0 Å². The van der Waals surface area contributed by atoms with Gasteiger partial charge in [-0.1, -0.05) is 42.5 Å². The number of hydrogen-bond donors (Lipinski definition) is 6. The molecule has 0 aliphatic heterocycles. The number of aliphatic carboxylic acids is 2. The molecule has 0 saturated heterocycles. The van der Waals surface area contributed by atoms with E-state index in [9.17, 15) is 24.3 Å². The standard InChI is InChI=1S/C27H31N5O6/c28-27-31-23(29-16-18-7-2-1-3-8-18)20(25(36)32-27)9-5-4-6-17-10-12-19(13-11-17)24(35)30-21(26(37)38)14-15-22(33)34/h1-3,7-8,10-13,21H,4-6,9,14-16H2,(H,30,35)(H,33,34)(H,37,38)(H4,28,29,31,32,36). The Kier molecular flexibility index (Phi) is 9.98. The highest BCUT2D eigenvalue weighted by Gasteiger charge is 2.21. The average molecular weight is 522 g/mol. The van der Waals surface area contributed by atoms with Crippen LogP contribution in [0.4, 0.5) is 11.8 Å². The van der Waals surface area contributed by atoms with Crippen molar-refractivity contribution in [2.45, 2.75) is 51.1 Å². The lowest BCUT2D eigenvalue weighted by Gasteiger charge is -2.13. The number of carbonyl (C=O) groups excluding carboxylic acids is 1. The number of benzene rings is 2. The van der Waals surface area contributed by atoms with Gasteiger partial charge in [0.1, 0.15) is 11.9 Å². The fourth-order valence-electron chi connectivity index (χ4n) is 3.90. The number of H-pyrrole nitrogens is 1. The summed E-state index contributed by atoms with van der Waals surface area (Å²) in [5, 5.41) is 23.5. The molecule has 1 unspecified atom stereocenters.